The Hall–Kier alpha value is -2.64. The average molecular weight is 414 g/mol. The maximum atomic E-state index is 12.5. The molecular formula is C20H20ClN5OS. The molecule has 1 unspecified atom stereocenters. The Labute approximate surface area is 173 Å². The van der Waals surface area contributed by atoms with Crippen LogP contribution in [0, 0.1) is 6.92 Å². The van der Waals surface area contributed by atoms with E-state index in [0.29, 0.717) is 22.5 Å². The van der Waals surface area contributed by atoms with Crippen LogP contribution in [0.15, 0.2) is 60.4 Å². The van der Waals surface area contributed by atoms with Crippen molar-refractivity contribution in [2.45, 2.75) is 30.8 Å². The van der Waals surface area contributed by atoms with Gasteiger partial charge in [-0.2, -0.15) is 0 Å². The number of halogens is 1. The topological polar surface area (TPSA) is 72.7 Å². The number of hydrogen-bond donors (Lipinski definition) is 1. The van der Waals surface area contributed by atoms with Crippen molar-refractivity contribution in [1.82, 2.24) is 19.7 Å². The number of allylic oxidation sites excluding steroid dienone is 1. The molecule has 0 spiro atoms. The minimum Gasteiger partial charge on any atom is -0.310 e. The molecule has 0 bridgehead atoms. The number of pyridine rings is 1. The molecule has 0 radical (unpaired) electrons. The van der Waals surface area contributed by atoms with Crippen LogP contribution in [-0.4, -0.2) is 30.9 Å². The standard InChI is InChI=1S/C20H20ClN5OS/c1-4-10-26-18(15-7-5-6-13(2)11-15)24-25-20(26)28-14(3)19(27)23-17-9-8-16(21)12-22-17/h4-9,11-12,14H,1,10H2,2-3H3,(H,22,23,27). The lowest BCUT2D eigenvalue weighted by Gasteiger charge is -2.12. The van der Waals surface area contributed by atoms with Crippen LogP contribution < -0.4 is 5.32 Å². The quantitative estimate of drug-likeness (QED) is 0.452. The summed E-state index contributed by atoms with van der Waals surface area (Å²) in [6.07, 6.45) is 3.28. The van der Waals surface area contributed by atoms with Gasteiger partial charge in [-0.3, -0.25) is 9.36 Å². The summed E-state index contributed by atoms with van der Waals surface area (Å²) in [5.74, 6) is 1.03. The minimum atomic E-state index is -0.393. The van der Waals surface area contributed by atoms with Crippen LogP contribution in [0.25, 0.3) is 11.4 Å². The van der Waals surface area contributed by atoms with Crippen molar-refractivity contribution in [2.75, 3.05) is 5.32 Å². The first-order chi connectivity index (χ1) is 13.5. The molecule has 6 nitrogen and oxygen atoms in total. The monoisotopic (exact) mass is 413 g/mol. The fraction of sp³-hybridized carbons (Fsp3) is 0.200. The molecule has 1 amide bonds. The Morgan fingerprint density at radius 3 is 2.86 bits per heavy atom. The second kappa shape index (κ2) is 9.03. The molecule has 1 aromatic carbocycles. The molecule has 0 fully saturated rings. The Morgan fingerprint density at radius 1 is 1.36 bits per heavy atom. The second-order valence-electron chi connectivity index (χ2n) is 6.19. The Balaban J connectivity index is 1.78. The van der Waals surface area contributed by atoms with E-state index in [1.807, 2.05) is 36.6 Å². The van der Waals surface area contributed by atoms with Crippen molar-refractivity contribution in [1.29, 1.82) is 0 Å². The highest BCUT2D eigenvalue weighted by molar-refractivity contribution is 8.00. The van der Waals surface area contributed by atoms with Crippen LogP contribution in [-0.2, 0) is 11.3 Å². The number of nitrogens with zero attached hydrogens (tertiary/aromatic N) is 4. The van der Waals surface area contributed by atoms with Crippen LogP contribution in [0.3, 0.4) is 0 Å². The zero-order valence-electron chi connectivity index (χ0n) is 15.6. The van der Waals surface area contributed by atoms with Gasteiger partial charge in [-0.25, -0.2) is 4.98 Å². The van der Waals surface area contributed by atoms with Gasteiger partial charge in [-0.15, -0.1) is 16.8 Å². The highest BCUT2D eigenvalue weighted by Gasteiger charge is 2.21. The SMILES string of the molecule is C=CCn1c(SC(C)C(=O)Nc2ccc(Cl)cn2)nnc1-c1cccc(C)c1. The number of amides is 1. The molecule has 2 aromatic heterocycles. The van der Waals surface area contributed by atoms with Gasteiger partial charge < -0.3 is 5.32 Å². The Morgan fingerprint density at radius 2 is 2.18 bits per heavy atom. The highest BCUT2D eigenvalue weighted by atomic mass is 35.5. The van der Waals surface area contributed by atoms with Gasteiger partial charge in [0.2, 0.25) is 5.91 Å². The summed E-state index contributed by atoms with van der Waals surface area (Å²) in [6, 6.07) is 11.4. The number of thioether (sulfide) groups is 1. The van der Waals surface area contributed by atoms with Crippen molar-refractivity contribution in [3.63, 3.8) is 0 Å². The second-order valence-corrected chi connectivity index (χ2v) is 7.93. The average Bonchev–Trinajstić information content (AvgIpc) is 3.06. The first-order valence-corrected chi connectivity index (χ1v) is 9.94. The van der Waals surface area contributed by atoms with Crippen molar-refractivity contribution in [2.24, 2.45) is 0 Å². The summed E-state index contributed by atoms with van der Waals surface area (Å²) in [7, 11) is 0. The molecule has 8 heteroatoms. The predicted molar refractivity (Wildman–Crippen MR) is 114 cm³/mol. The molecule has 1 atom stereocenters. The van der Waals surface area contributed by atoms with Crippen molar-refractivity contribution >= 4 is 35.1 Å². The molecule has 0 aliphatic rings. The zero-order valence-corrected chi connectivity index (χ0v) is 17.2. The Kier molecular flexibility index (Phi) is 6.49. The van der Waals surface area contributed by atoms with Gasteiger partial charge in [0.05, 0.1) is 10.3 Å². The summed E-state index contributed by atoms with van der Waals surface area (Å²) >= 11 is 7.16. The van der Waals surface area contributed by atoms with Gasteiger partial charge in [0.1, 0.15) is 5.82 Å². The lowest BCUT2D eigenvalue weighted by molar-refractivity contribution is -0.115. The van der Waals surface area contributed by atoms with Crippen LogP contribution in [0.5, 0.6) is 0 Å². The Bertz CT molecular complexity index is 987. The molecule has 1 N–H and O–H groups in total. The van der Waals surface area contributed by atoms with Crippen LogP contribution in [0.2, 0.25) is 5.02 Å². The number of aromatic nitrogens is 4. The van der Waals surface area contributed by atoms with Gasteiger partial charge in [0, 0.05) is 18.3 Å². The van der Waals surface area contributed by atoms with E-state index in [-0.39, 0.29) is 5.91 Å². The lowest BCUT2D eigenvalue weighted by atomic mass is 10.1. The normalized spacial score (nSPS) is 11.8. The van der Waals surface area contributed by atoms with Crippen LogP contribution in [0.1, 0.15) is 12.5 Å². The molecule has 3 aromatic rings. The molecule has 0 aliphatic carbocycles. The van der Waals surface area contributed by atoms with Gasteiger partial charge in [0.15, 0.2) is 11.0 Å². The number of hydrogen-bond acceptors (Lipinski definition) is 5. The third kappa shape index (κ3) is 4.79. The number of rotatable bonds is 7. The molecule has 3 rings (SSSR count). The summed E-state index contributed by atoms with van der Waals surface area (Å²) in [5, 5.41) is 12.2. The first kappa shape index (κ1) is 20.1. The summed E-state index contributed by atoms with van der Waals surface area (Å²) in [6.45, 7) is 8.22. The van der Waals surface area contributed by atoms with Gasteiger partial charge in [-0.05, 0) is 32.0 Å². The molecule has 28 heavy (non-hydrogen) atoms. The number of carbonyl (C=O) groups is 1. The minimum absolute atomic E-state index is 0.176. The molecule has 0 saturated heterocycles. The fourth-order valence-corrected chi connectivity index (χ4v) is 3.53. The number of nitrogens with one attached hydrogen (secondary N) is 1. The van der Waals surface area contributed by atoms with Crippen LogP contribution in [0.4, 0.5) is 5.82 Å². The van der Waals surface area contributed by atoms with E-state index in [2.05, 4.69) is 33.1 Å². The highest BCUT2D eigenvalue weighted by Crippen LogP contribution is 2.28. The van der Waals surface area contributed by atoms with E-state index in [1.165, 1.54) is 18.0 Å². The predicted octanol–water partition coefficient (Wildman–Crippen LogP) is 4.61. The van der Waals surface area contributed by atoms with Gasteiger partial charge >= 0.3 is 0 Å². The van der Waals surface area contributed by atoms with Crippen molar-refractivity contribution < 1.29 is 4.79 Å². The van der Waals surface area contributed by atoms with E-state index in [4.69, 9.17) is 11.6 Å². The van der Waals surface area contributed by atoms with Gasteiger partial charge in [0.25, 0.3) is 0 Å². The number of aryl methyl sites for hydroxylation is 1. The third-order valence-electron chi connectivity index (χ3n) is 3.93. The third-order valence-corrected chi connectivity index (χ3v) is 5.24. The number of carbonyl (C=O) groups excluding carboxylic acids is 1. The summed E-state index contributed by atoms with van der Waals surface area (Å²) < 4.78 is 1.96. The molecule has 0 saturated carbocycles. The largest absolute Gasteiger partial charge is 0.310 e. The van der Waals surface area contributed by atoms with E-state index >= 15 is 0 Å². The molecule has 2 heterocycles. The molecular weight excluding hydrogens is 394 g/mol. The first-order valence-electron chi connectivity index (χ1n) is 8.68. The maximum Gasteiger partial charge on any atom is 0.238 e. The summed E-state index contributed by atoms with van der Waals surface area (Å²) in [5.41, 5.74) is 2.12. The summed E-state index contributed by atoms with van der Waals surface area (Å²) in [4.78, 5) is 16.6. The fourth-order valence-electron chi connectivity index (χ4n) is 2.56. The van der Waals surface area contributed by atoms with E-state index in [9.17, 15) is 4.79 Å². The molecule has 144 valence electrons. The number of benzene rings is 1. The lowest BCUT2D eigenvalue weighted by Crippen LogP contribution is -2.23. The smallest absolute Gasteiger partial charge is 0.238 e. The van der Waals surface area contributed by atoms with Crippen LogP contribution >= 0.6 is 23.4 Å². The van der Waals surface area contributed by atoms with Gasteiger partial charge in [-0.1, -0.05) is 53.2 Å². The zero-order chi connectivity index (χ0) is 20.1. The maximum absolute atomic E-state index is 12.5. The van der Waals surface area contributed by atoms with E-state index in [1.54, 1.807) is 18.2 Å². The van der Waals surface area contributed by atoms with Crippen molar-refractivity contribution in [3.05, 3.63) is 65.8 Å². The van der Waals surface area contributed by atoms with E-state index in [0.717, 1.165) is 17.0 Å². The van der Waals surface area contributed by atoms with E-state index < -0.39 is 5.25 Å². The van der Waals surface area contributed by atoms with Crippen molar-refractivity contribution in [3.8, 4) is 11.4 Å². The number of anilines is 1. The molecule has 0 aliphatic heterocycles.